The summed E-state index contributed by atoms with van der Waals surface area (Å²) in [6.45, 7) is 5.17. The molecule has 0 saturated carbocycles. The highest BCUT2D eigenvalue weighted by Crippen LogP contribution is 2.31. The molecule has 2 aliphatic heterocycles. The van der Waals surface area contributed by atoms with Gasteiger partial charge in [-0.3, -0.25) is 4.90 Å². The predicted molar refractivity (Wildman–Crippen MR) is 126 cm³/mol. The van der Waals surface area contributed by atoms with Gasteiger partial charge in [-0.15, -0.1) is 5.10 Å². The maximum atomic E-state index is 6.24. The van der Waals surface area contributed by atoms with Crippen molar-refractivity contribution in [3.63, 3.8) is 0 Å². The monoisotopic (exact) mass is 471 g/mol. The van der Waals surface area contributed by atoms with Crippen LogP contribution in [-0.2, 0) is 11.2 Å². The minimum absolute atomic E-state index is 0.142. The van der Waals surface area contributed by atoms with Crippen LogP contribution in [0.3, 0.4) is 0 Å². The van der Waals surface area contributed by atoms with Crippen molar-refractivity contribution in [3.8, 4) is 0 Å². The molecule has 9 nitrogen and oxygen atoms in total. The minimum atomic E-state index is -0.142. The second-order valence-corrected chi connectivity index (χ2v) is 9.34. The summed E-state index contributed by atoms with van der Waals surface area (Å²) in [5.41, 5.74) is 7.88. The number of aromatic nitrogens is 4. The lowest BCUT2D eigenvalue weighted by Gasteiger charge is -2.46. The van der Waals surface area contributed by atoms with Crippen molar-refractivity contribution in [1.29, 1.82) is 0 Å². The lowest BCUT2D eigenvalue weighted by atomic mass is 9.96. The molecular weight excluding hydrogens is 442 g/mol. The Morgan fingerprint density at radius 1 is 1.18 bits per heavy atom. The number of anilines is 2. The fourth-order valence-electron chi connectivity index (χ4n) is 4.87. The van der Waals surface area contributed by atoms with Crippen molar-refractivity contribution < 1.29 is 9.15 Å². The van der Waals surface area contributed by atoms with E-state index in [0.717, 1.165) is 56.0 Å². The summed E-state index contributed by atoms with van der Waals surface area (Å²) in [4.78, 5) is 13.6. The first-order chi connectivity index (χ1) is 16.0. The van der Waals surface area contributed by atoms with Crippen LogP contribution in [0.15, 0.2) is 34.9 Å². The number of hydrogen-bond acceptors (Lipinski definition) is 8. The van der Waals surface area contributed by atoms with Crippen LogP contribution in [0.4, 0.5) is 11.9 Å². The number of H-pyrrole nitrogens is 1. The number of halogens is 1. The molecule has 2 saturated heterocycles. The van der Waals surface area contributed by atoms with Crippen LogP contribution in [0.5, 0.6) is 0 Å². The molecule has 10 heteroatoms. The molecule has 0 bridgehead atoms. The summed E-state index contributed by atoms with van der Waals surface area (Å²) in [5.74, 6) is 1.70. The molecular formula is C23H30ClN7O2. The number of nitrogens with one attached hydrogen (secondary N) is 1. The molecule has 5 rings (SSSR count). The zero-order chi connectivity index (χ0) is 22.8. The molecule has 0 unspecified atom stereocenters. The van der Waals surface area contributed by atoms with Gasteiger partial charge in [0.15, 0.2) is 0 Å². The van der Waals surface area contributed by atoms with E-state index in [0.29, 0.717) is 36.5 Å². The maximum absolute atomic E-state index is 6.24. The zero-order valence-electron chi connectivity index (χ0n) is 18.8. The van der Waals surface area contributed by atoms with Crippen molar-refractivity contribution in [2.75, 3.05) is 36.9 Å². The molecule has 0 amide bonds. The third-order valence-corrected chi connectivity index (χ3v) is 6.89. The van der Waals surface area contributed by atoms with Crippen LogP contribution >= 0.6 is 11.6 Å². The lowest BCUT2D eigenvalue weighted by Crippen LogP contribution is -2.55. The average Bonchev–Trinajstić information content (AvgIpc) is 3.47. The fraction of sp³-hybridized carbons (Fsp3) is 0.522. The van der Waals surface area contributed by atoms with Crippen LogP contribution in [0.1, 0.15) is 42.5 Å². The molecule has 176 valence electrons. The van der Waals surface area contributed by atoms with E-state index in [-0.39, 0.29) is 6.10 Å². The molecule has 0 spiro atoms. The molecule has 2 aromatic heterocycles. The van der Waals surface area contributed by atoms with Crippen molar-refractivity contribution in [2.24, 2.45) is 0 Å². The maximum Gasteiger partial charge on any atom is 0.246 e. The second kappa shape index (κ2) is 9.70. The first-order valence-corrected chi connectivity index (χ1v) is 11.9. The highest BCUT2D eigenvalue weighted by atomic mass is 35.5. The fourth-order valence-corrected chi connectivity index (χ4v) is 5.00. The van der Waals surface area contributed by atoms with E-state index in [2.05, 4.69) is 42.1 Å². The van der Waals surface area contributed by atoms with Gasteiger partial charge in [-0.05, 0) is 50.3 Å². The van der Waals surface area contributed by atoms with Crippen LogP contribution in [-0.4, -0.2) is 63.4 Å². The van der Waals surface area contributed by atoms with Gasteiger partial charge < -0.3 is 19.8 Å². The average molecular weight is 472 g/mol. The summed E-state index contributed by atoms with van der Waals surface area (Å²) in [6.07, 6.45) is 5.62. The molecule has 1 aromatic carbocycles. The van der Waals surface area contributed by atoms with Crippen molar-refractivity contribution >= 4 is 23.5 Å². The van der Waals surface area contributed by atoms with Crippen molar-refractivity contribution in [3.05, 3.63) is 52.7 Å². The Bertz CT molecular complexity index is 1050. The zero-order valence-corrected chi connectivity index (χ0v) is 19.5. The SMILES string of the molecule is Cc1coc([C@H]2CN(C3CCN(c4n[nH]c(N)n4)CC3)[C@@H](CCc3ccc(Cl)cc3)CO2)n1. The van der Waals surface area contributed by atoms with Gasteiger partial charge in [-0.1, -0.05) is 23.7 Å². The summed E-state index contributed by atoms with van der Waals surface area (Å²) >= 11 is 6.05. The topological polar surface area (TPSA) is 109 Å². The van der Waals surface area contributed by atoms with Crippen molar-refractivity contribution in [1.82, 2.24) is 25.1 Å². The smallest absolute Gasteiger partial charge is 0.246 e. The van der Waals surface area contributed by atoms with E-state index in [1.165, 1.54) is 5.56 Å². The van der Waals surface area contributed by atoms with E-state index >= 15 is 0 Å². The summed E-state index contributed by atoms with van der Waals surface area (Å²) in [7, 11) is 0. The number of rotatable bonds is 6. The number of nitrogen functional groups attached to an aromatic ring is 1. The number of ether oxygens (including phenoxy) is 1. The van der Waals surface area contributed by atoms with E-state index in [1.54, 1.807) is 6.26 Å². The largest absolute Gasteiger partial charge is 0.446 e. The number of oxazole rings is 1. The number of nitrogens with zero attached hydrogens (tertiary/aromatic N) is 5. The number of benzene rings is 1. The summed E-state index contributed by atoms with van der Waals surface area (Å²) in [5, 5.41) is 7.72. The van der Waals surface area contributed by atoms with Gasteiger partial charge in [0.25, 0.3) is 0 Å². The molecule has 3 N–H and O–H groups in total. The van der Waals surface area contributed by atoms with Gasteiger partial charge in [-0.2, -0.15) is 4.98 Å². The molecule has 2 atom stereocenters. The Labute approximate surface area is 198 Å². The van der Waals surface area contributed by atoms with Gasteiger partial charge in [0.2, 0.25) is 17.8 Å². The number of aromatic amines is 1. The molecule has 2 fully saturated rings. The van der Waals surface area contributed by atoms with Gasteiger partial charge in [0.1, 0.15) is 12.4 Å². The van der Waals surface area contributed by atoms with Crippen LogP contribution in [0.2, 0.25) is 5.02 Å². The second-order valence-electron chi connectivity index (χ2n) is 8.90. The predicted octanol–water partition coefficient (Wildman–Crippen LogP) is 3.38. The summed E-state index contributed by atoms with van der Waals surface area (Å²) in [6, 6.07) is 8.92. The third kappa shape index (κ3) is 5.15. The van der Waals surface area contributed by atoms with Crippen LogP contribution in [0, 0.1) is 6.92 Å². The highest BCUT2D eigenvalue weighted by molar-refractivity contribution is 6.30. The van der Waals surface area contributed by atoms with E-state index in [1.807, 2.05) is 19.1 Å². The first-order valence-electron chi connectivity index (χ1n) is 11.5. The van der Waals surface area contributed by atoms with Crippen LogP contribution < -0.4 is 10.6 Å². The molecule has 33 heavy (non-hydrogen) atoms. The van der Waals surface area contributed by atoms with Gasteiger partial charge in [0, 0.05) is 36.7 Å². The number of piperidine rings is 1. The van der Waals surface area contributed by atoms with Gasteiger partial charge in [-0.25, -0.2) is 10.1 Å². The third-order valence-electron chi connectivity index (χ3n) is 6.63. The van der Waals surface area contributed by atoms with Gasteiger partial charge in [0.05, 0.1) is 12.3 Å². The number of hydrogen-bond donors (Lipinski definition) is 2. The minimum Gasteiger partial charge on any atom is -0.446 e. The van der Waals surface area contributed by atoms with E-state index in [9.17, 15) is 0 Å². The highest BCUT2D eigenvalue weighted by Gasteiger charge is 2.37. The number of nitrogens with two attached hydrogens (primary N) is 1. The molecule has 3 aromatic rings. The normalized spacial score (nSPS) is 22.7. The lowest BCUT2D eigenvalue weighted by molar-refractivity contribution is -0.0949. The van der Waals surface area contributed by atoms with Crippen molar-refractivity contribution in [2.45, 2.75) is 50.8 Å². The quantitative estimate of drug-likeness (QED) is 0.563. The first kappa shape index (κ1) is 22.2. The Kier molecular flexibility index (Phi) is 6.52. The molecule has 4 heterocycles. The van der Waals surface area contributed by atoms with E-state index in [4.69, 9.17) is 26.5 Å². The Morgan fingerprint density at radius 2 is 1.97 bits per heavy atom. The van der Waals surface area contributed by atoms with E-state index < -0.39 is 0 Å². The number of morpholine rings is 1. The Balaban J connectivity index is 1.27. The van der Waals surface area contributed by atoms with Crippen LogP contribution in [0.25, 0.3) is 0 Å². The Morgan fingerprint density at radius 3 is 2.64 bits per heavy atom. The molecule has 2 aliphatic rings. The Hall–Kier alpha value is -2.62. The standard InChI is InChI=1S/C23H30ClN7O2/c1-15-13-33-21(26-15)20-12-31(18-8-10-30(11-9-18)23-27-22(25)28-29-23)19(14-32-20)7-4-16-2-5-17(24)6-3-16/h2-3,5-6,13,18-20H,4,7-12,14H2,1H3,(H3,25,27,28,29)/t19-,20+/m0/s1. The molecule has 0 aliphatic carbocycles. The van der Waals surface area contributed by atoms with Gasteiger partial charge >= 0.3 is 0 Å². The summed E-state index contributed by atoms with van der Waals surface area (Å²) < 4.78 is 11.9. The number of aryl methyl sites for hydroxylation is 2. The molecule has 0 radical (unpaired) electrons.